The highest BCUT2D eigenvalue weighted by molar-refractivity contribution is 5.89. The van der Waals surface area contributed by atoms with Gasteiger partial charge in [-0.15, -0.1) is 0 Å². The molecule has 0 radical (unpaired) electrons. The molecular weight excluding hydrogens is 220 g/mol. The summed E-state index contributed by atoms with van der Waals surface area (Å²) in [5, 5.41) is 0. The second-order valence-electron chi connectivity index (χ2n) is 3.67. The van der Waals surface area contributed by atoms with Crippen LogP contribution in [-0.4, -0.2) is 32.1 Å². The number of hydrogen-bond acceptors (Lipinski definition) is 4. The van der Waals surface area contributed by atoms with Crippen LogP contribution < -0.4 is 0 Å². The number of rotatable bonds is 3. The van der Waals surface area contributed by atoms with Gasteiger partial charge in [-0.3, -0.25) is 0 Å². The van der Waals surface area contributed by atoms with Crippen molar-refractivity contribution in [3.05, 3.63) is 23.9 Å². The van der Waals surface area contributed by atoms with Gasteiger partial charge in [-0.1, -0.05) is 0 Å². The maximum Gasteiger partial charge on any atom is 0.358 e. The average molecular weight is 234 g/mol. The lowest BCUT2D eigenvalue weighted by Crippen LogP contribution is -2.06. The van der Waals surface area contributed by atoms with E-state index in [2.05, 4.69) is 15.0 Å². The van der Waals surface area contributed by atoms with Crippen molar-refractivity contribution < 1.29 is 9.53 Å². The Morgan fingerprint density at radius 3 is 2.94 bits per heavy atom. The first-order valence-corrected chi connectivity index (χ1v) is 5.34. The maximum absolute atomic E-state index is 11.6. The summed E-state index contributed by atoms with van der Waals surface area (Å²) < 4.78 is 6.75. The molecule has 17 heavy (non-hydrogen) atoms. The second-order valence-corrected chi connectivity index (χ2v) is 3.67. The van der Waals surface area contributed by atoms with Gasteiger partial charge < -0.3 is 14.3 Å². The predicted molar refractivity (Wildman–Crippen MR) is 61.5 cm³/mol. The summed E-state index contributed by atoms with van der Waals surface area (Å²) in [6.45, 7) is 3.90. The van der Waals surface area contributed by atoms with Crippen LogP contribution in [0, 0.1) is 6.92 Å². The minimum Gasteiger partial charge on any atom is -0.461 e. The molecule has 2 rings (SSSR count). The van der Waals surface area contributed by atoms with Gasteiger partial charge in [0.25, 0.3) is 0 Å². The van der Waals surface area contributed by atoms with Crippen LogP contribution >= 0.6 is 0 Å². The molecule has 0 fully saturated rings. The molecule has 0 bridgehead atoms. The number of imidazole rings is 2. The summed E-state index contributed by atoms with van der Waals surface area (Å²) in [5.74, 6) is 0.209. The lowest BCUT2D eigenvalue weighted by atomic mass is 10.3. The number of nitrogens with zero attached hydrogens (tertiary/aromatic N) is 3. The van der Waals surface area contributed by atoms with Crippen molar-refractivity contribution in [3.63, 3.8) is 0 Å². The molecular formula is C11H14N4O2. The normalized spacial score (nSPS) is 10.5. The first-order valence-electron chi connectivity index (χ1n) is 5.34. The maximum atomic E-state index is 11.6. The number of carbonyl (C=O) groups excluding carboxylic acids is 1. The Labute approximate surface area is 98.7 Å². The van der Waals surface area contributed by atoms with Crippen LogP contribution in [0.2, 0.25) is 0 Å². The van der Waals surface area contributed by atoms with E-state index in [1.54, 1.807) is 26.4 Å². The second kappa shape index (κ2) is 4.40. The van der Waals surface area contributed by atoms with E-state index in [4.69, 9.17) is 4.74 Å². The first kappa shape index (κ1) is 11.4. The average Bonchev–Trinajstić information content (AvgIpc) is 2.84. The van der Waals surface area contributed by atoms with E-state index in [0.29, 0.717) is 23.8 Å². The Balaban J connectivity index is 2.37. The van der Waals surface area contributed by atoms with Crippen LogP contribution in [0.5, 0.6) is 0 Å². The fraction of sp³-hybridized carbons (Fsp3) is 0.364. The predicted octanol–water partition coefficient (Wildman–Crippen LogP) is 1.30. The van der Waals surface area contributed by atoms with Gasteiger partial charge in [-0.25, -0.2) is 14.8 Å². The molecule has 0 aliphatic rings. The molecule has 0 atom stereocenters. The minimum atomic E-state index is -0.408. The Hall–Kier alpha value is -2.11. The summed E-state index contributed by atoms with van der Waals surface area (Å²) in [7, 11) is 1.87. The molecule has 2 aromatic heterocycles. The quantitative estimate of drug-likeness (QED) is 0.812. The number of esters is 1. The zero-order valence-electron chi connectivity index (χ0n) is 10.0. The number of carbonyl (C=O) groups is 1. The lowest BCUT2D eigenvalue weighted by Gasteiger charge is -1.98. The Kier molecular flexibility index (Phi) is 2.95. The molecule has 6 heteroatoms. The van der Waals surface area contributed by atoms with Gasteiger partial charge in [0.2, 0.25) is 0 Å². The number of aromatic amines is 1. The minimum absolute atomic E-state index is 0.322. The largest absolute Gasteiger partial charge is 0.461 e. The third kappa shape index (κ3) is 2.06. The van der Waals surface area contributed by atoms with Gasteiger partial charge >= 0.3 is 5.97 Å². The van der Waals surface area contributed by atoms with E-state index in [1.807, 2.05) is 11.6 Å². The van der Waals surface area contributed by atoms with Crippen molar-refractivity contribution in [2.45, 2.75) is 13.8 Å². The van der Waals surface area contributed by atoms with E-state index < -0.39 is 5.97 Å². The smallest absolute Gasteiger partial charge is 0.358 e. The first-order chi connectivity index (χ1) is 8.13. The molecule has 0 saturated carbocycles. The van der Waals surface area contributed by atoms with Crippen molar-refractivity contribution in [3.8, 4) is 11.5 Å². The van der Waals surface area contributed by atoms with Crippen LogP contribution in [0.3, 0.4) is 0 Å². The van der Waals surface area contributed by atoms with E-state index in [1.165, 1.54) is 0 Å². The number of ether oxygens (including phenoxy) is 1. The van der Waals surface area contributed by atoms with E-state index in [-0.39, 0.29) is 0 Å². The van der Waals surface area contributed by atoms with Gasteiger partial charge in [0.1, 0.15) is 5.69 Å². The Bertz CT molecular complexity index is 541. The number of aromatic nitrogens is 4. The van der Waals surface area contributed by atoms with E-state index >= 15 is 0 Å². The molecule has 2 heterocycles. The topological polar surface area (TPSA) is 72.8 Å². The van der Waals surface area contributed by atoms with Gasteiger partial charge in [-0.2, -0.15) is 0 Å². The molecule has 6 nitrogen and oxygen atoms in total. The monoisotopic (exact) mass is 234 g/mol. The zero-order chi connectivity index (χ0) is 12.4. The standard InChI is InChI=1S/C11H14N4O2/c1-4-17-11(16)9-7(2)13-10(14-9)8-5-12-6-15(8)3/h5-6H,4H2,1-3H3,(H,13,14). The highest BCUT2D eigenvalue weighted by atomic mass is 16.5. The molecule has 0 spiro atoms. The van der Waals surface area contributed by atoms with Crippen LogP contribution in [0.15, 0.2) is 12.5 Å². The van der Waals surface area contributed by atoms with Gasteiger partial charge in [0.15, 0.2) is 11.5 Å². The van der Waals surface area contributed by atoms with Crippen LogP contribution in [0.25, 0.3) is 11.5 Å². The molecule has 0 saturated heterocycles. The third-order valence-corrected chi connectivity index (χ3v) is 2.41. The number of hydrogen-bond donors (Lipinski definition) is 1. The SMILES string of the molecule is CCOC(=O)c1nc(-c2cncn2C)[nH]c1C. The summed E-state index contributed by atoms with van der Waals surface area (Å²) >= 11 is 0. The molecule has 0 aromatic carbocycles. The lowest BCUT2D eigenvalue weighted by molar-refractivity contribution is 0.0519. The van der Waals surface area contributed by atoms with Crippen LogP contribution in [0.4, 0.5) is 0 Å². The van der Waals surface area contributed by atoms with Crippen molar-refractivity contribution in [2.75, 3.05) is 6.61 Å². The van der Waals surface area contributed by atoms with Crippen LogP contribution in [-0.2, 0) is 11.8 Å². The highest BCUT2D eigenvalue weighted by Crippen LogP contribution is 2.17. The Morgan fingerprint density at radius 2 is 2.35 bits per heavy atom. The summed E-state index contributed by atoms with van der Waals surface area (Å²) in [4.78, 5) is 22.9. The third-order valence-electron chi connectivity index (χ3n) is 2.41. The molecule has 1 N–H and O–H groups in total. The van der Waals surface area contributed by atoms with Crippen molar-refractivity contribution in [2.24, 2.45) is 7.05 Å². The van der Waals surface area contributed by atoms with E-state index in [9.17, 15) is 4.79 Å². The summed E-state index contributed by atoms with van der Waals surface area (Å²) in [6, 6.07) is 0. The van der Waals surface area contributed by atoms with Crippen molar-refractivity contribution in [1.29, 1.82) is 0 Å². The molecule has 0 aliphatic heterocycles. The van der Waals surface area contributed by atoms with E-state index in [0.717, 1.165) is 5.69 Å². The molecule has 0 aliphatic carbocycles. The fourth-order valence-corrected chi connectivity index (χ4v) is 1.57. The number of aryl methyl sites for hydroxylation is 2. The van der Waals surface area contributed by atoms with Crippen molar-refractivity contribution >= 4 is 5.97 Å². The van der Waals surface area contributed by atoms with Crippen molar-refractivity contribution in [1.82, 2.24) is 19.5 Å². The van der Waals surface area contributed by atoms with Crippen LogP contribution in [0.1, 0.15) is 23.1 Å². The zero-order valence-corrected chi connectivity index (χ0v) is 10.0. The molecule has 90 valence electrons. The van der Waals surface area contributed by atoms with Gasteiger partial charge in [-0.05, 0) is 13.8 Å². The highest BCUT2D eigenvalue weighted by Gasteiger charge is 2.17. The summed E-state index contributed by atoms with van der Waals surface area (Å²) in [5.41, 5.74) is 1.84. The van der Waals surface area contributed by atoms with Gasteiger partial charge in [0, 0.05) is 12.7 Å². The molecule has 0 amide bonds. The number of nitrogens with one attached hydrogen (secondary N) is 1. The fourth-order valence-electron chi connectivity index (χ4n) is 1.57. The summed E-state index contributed by atoms with van der Waals surface area (Å²) in [6.07, 6.45) is 3.37. The molecule has 0 unspecified atom stereocenters. The Morgan fingerprint density at radius 1 is 1.59 bits per heavy atom. The number of H-pyrrole nitrogens is 1. The molecule has 2 aromatic rings. The van der Waals surface area contributed by atoms with Gasteiger partial charge in [0.05, 0.1) is 19.1 Å².